The molecule has 0 spiro atoms. The fourth-order valence-corrected chi connectivity index (χ4v) is 3.15. The molecule has 3 aromatic rings. The fraction of sp³-hybridized carbons (Fsp3) is 0.192. The van der Waals surface area contributed by atoms with E-state index in [2.05, 4.69) is 5.32 Å². The summed E-state index contributed by atoms with van der Waals surface area (Å²) < 4.78 is 10.9. The largest absolute Gasteiger partial charge is 0.497 e. The predicted octanol–water partition coefficient (Wildman–Crippen LogP) is 3.85. The normalized spacial score (nSPS) is 12.2. The van der Waals surface area contributed by atoms with Crippen molar-refractivity contribution in [3.63, 3.8) is 0 Å². The Kier molecular flexibility index (Phi) is 8.43. The Labute approximate surface area is 187 Å². The van der Waals surface area contributed by atoms with Crippen molar-refractivity contribution in [3.05, 3.63) is 95.6 Å². The average molecular weight is 434 g/mol. The van der Waals surface area contributed by atoms with E-state index in [4.69, 9.17) is 9.47 Å². The third kappa shape index (κ3) is 6.70. The van der Waals surface area contributed by atoms with Crippen molar-refractivity contribution in [2.24, 2.45) is 0 Å². The number of aliphatic hydroxyl groups is 1. The standard InChI is InChI=1S/C26H27NO5/c1-31-23-13-11-20(12-14-23)24(26(29)30)15-21-9-5-6-10-25(21)32-18-22(28)17-27-16-19-7-3-2-4-8-19/h2-15,22,27-28H,16-18H2,1H3,(H,29,30)/b24-15+. The van der Waals surface area contributed by atoms with Crippen LogP contribution in [-0.4, -0.2) is 42.5 Å². The summed E-state index contributed by atoms with van der Waals surface area (Å²) >= 11 is 0. The molecule has 0 fully saturated rings. The molecular weight excluding hydrogens is 406 g/mol. The van der Waals surface area contributed by atoms with Crippen LogP contribution in [0, 0.1) is 0 Å². The number of aliphatic hydroxyl groups excluding tert-OH is 1. The van der Waals surface area contributed by atoms with Crippen molar-refractivity contribution in [1.29, 1.82) is 0 Å². The number of hydrogen-bond donors (Lipinski definition) is 3. The number of rotatable bonds is 11. The van der Waals surface area contributed by atoms with Crippen molar-refractivity contribution in [1.82, 2.24) is 5.32 Å². The maximum Gasteiger partial charge on any atom is 0.336 e. The summed E-state index contributed by atoms with van der Waals surface area (Å²) in [6, 6.07) is 23.9. The Morgan fingerprint density at radius 2 is 1.69 bits per heavy atom. The number of methoxy groups -OCH3 is 1. The first-order valence-corrected chi connectivity index (χ1v) is 10.3. The average Bonchev–Trinajstić information content (AvgIpc) is 2.82. The highest BCUT2D eigenvalue weighted by atomic mass is 16.5. The summed E-state index contributed by atoms with van der Waals surface area (Å²) in [4.78, 5) is 11.9. The highest BCUT2D eigenvalue weighted by Crippen LogP contribution is 2.26. The van der Waals surface area contributed by atoms with Crippen LogP contribution < -0.4 is 14.8 Å². The summed E-state index contributed by atoms with van der Waals surface area (Å²) in [5.74, 6) is 0.106. The molecule has 0 amide bonds. The van der Waals surface area contributed by atoms with Crippen LogP contribution in [0.4, 0.5) is 0 Å². The lowest BCUT2D eigenvalue weighted by Crippen LogP contribution is -2.31. The van der Waals surface area contributed by atoms with Gasteiger partial charge < -0.3 is 25.0 Å². The fourth-order valence-electron chi connectivity index (χ4n) is 3.15. The number of carbonyl (C=O) groups is 1. The first-order valence-electron chi connectivity index (χ1n) is 10.3. The van der Waals surface area contributed by atoms with Crippen molar-refractivity contribution in [3.8, 4) is 11.5 Å². The summed E-state index contributed by atoms with van der Waals surface area (Å²) in [5.41, 5.74) is 2.44. The van der Waals surface area contributed by atoms with E-state index in [0.717, 1.165) is 5.56 Å². The summed E-state index contributed by atoms with van der Waals surface area (Å²) in [6.45, 7) is 1.11. The Bertz CT molecular complexity index is 1030. The van der Waals surface area contributed by atoms with E-state index < -0.39 is 12.1 Å². The molecule has 1 atom stereocenters. The van der Waals surface area contributed by atoms with Gasteiger partial charge in [-0.2, -0.15) is 0 Å². The van der Waals surface area contributed by atoms with Crippen LogP contribution in [-0.2, 0) is 11.3 Å². The molecule has 0 aromatic heterocycles. The smallest absolute Gasteiger partial charge is 0.336 e. The molecular formula is C26H27NO5. The van der Waals surface area contributed by atoms with Gasteiger partial charge in [-0.25, -0.2) is 4.79 Å². The third-order valence-electron chi connectivity index (χ3n) is 4.83. The number of aliphatic carboxylic acids is 1. The zero-order valence-electron chi connectivity index (χ0n) is 17.9. The minimum Gasteiger partial charge on any atom is -0.497 e. The monoisotopic (exact) mass is 433 g/mol. The van der Waals surface area contributed by atoms with Crippen LogP contribution in [0.3, 0.4) is 0 Å². The Morgan fingerprint density at radius 1 is 1.00 bits per heavy atom. The van der Waals surface area contributed by atoms with Gasteiger partial charge in [0.05, 0.1) is 12.7 Å². The number of para-hydroxylation sites is 1. The predicted molar refractivity (Wildman–Crippen MR) is 125 cm³/mol. The maximum absolute atomic E-state index is 11.9. The number of carboxylic acids is 1. The van der Waals surface area contributed by atoms with Crippen LogP contribution in [0.15, 0.2) is 78.9 Å². The zero-order chi connectivity index (χ0) is 22.8. The second-order valence-corrected chi connectivity index (χ2v) is 7.21. The number of benzene rings is 3. The number of carboxylic acid groups (broad SMARTS) is 1. The molecule has 3 N–H and O–H groups in total. The molecule has 6 heteroatoms. The van der Waals surface area contributed by atoms with Crippen molar-refractivity contribution < 1.29 is 24.5 Å². The molecule has 0 radical (unpaired) electrons. The molecule has 32 heavy (non-hydrogen) atoms. The van der Waals surface area contributed by atoms with Crippen LogP contribution in [0.2, 0.25) is 0 Å². The van der Waals surface area contributed by atoms with E-state index in [1.54, 1.807) is 55.7 Å². The second kappa shape index (κ2) is 11.7. The van der Waals surface area contributed by atoms with Gasteiger partial charge in [0, 0.05) is 18.7 Å². The molecule has 6 nitrogen and oxygen atoms in total. The van der Waals surface area contributed by atoms with E-state index in [9.17, 15) is 15.0 Å². The topological polar surface area (TPSA) is 88.0 Å². The van der Waals surface area contributed by atoms with Crippen molar-refractivity contribution in [2.75, 3.05) is 20.3 Å². The first kappa shape index (κ1) is 23.1. The molecule has 3 rings (SSSR count). The van der Waals surface area contributed by atoms with E-state index in [1.165, 1.54) is 0 Å². The van der Waals surface area contributed by atoms with Gasteiger partial charge in [-0.15, -0.1) is 0 Å². The molecule has 0 aliphatic heterocycles. The van der Waals surface area contributed by atoms with Crippen LogP contribution in [0.25, 0.3) is 11.6 Å². The van der Waals surface area contributed by atoms with E-state index in [0.29, 0.717) is 35.7 Å². The second-order valence-electron chi connectivity index (χ2n) is 7.21. The molecule has 166 valence electrons. The van der Waals surface area contributed by atoms with Gasteiger partial charge in [0.25, 0.3) is 0 Å². The van der Waals surface area contributed by atoms with E-state index in [-0.39, 0.29) is 12.2 Å². The van der Waals surface area contributed by atoms with Crippen molar-refractivity contribution >= 4 is 17.6 Å². The van der Waals surface area contributed by atoms with Gasteiger partial charge in [0.2, 0.25) is 0 Å². The number of ether oxygens (including phenoxy) is 2. The SMILES string of the molecule is COc1ccc(/C(=C\c2ccccc2OCC(O)CNCc2ccccc2)C(=O)O)cc1. The number of hydrogen-bond acceptors (Lipinski definition) is 5. The number of nitrogens with one attached hydrogen (secondary N) is 1. The lowest BCUT2D eigenvalue weighted by Gasteiger charge is -2.15. The Hall–Kier alpha value is -3.61. The van der Waals surface area contributed by atoms with Gasteiger partial charge in [0.15, 0.2) is 0 Å². The molecule has 0 heterocycles. The van der Waals surface area contributed by atoms with E-state index in [1.807, 2.05) is 36.4 Å². The lowest BCUT2D eigenvalue weighted by molar-refractivity contribution is -0.130. The van der Waals surface area contributed by atoms with Crippen molar-refractivity contribution in [2.45, 2.75) is 12.6 Å². The maximum atomic E-state index is 11.9. The molecule has 0 bridgehead atoms. The Balaban J connectivity index is 1.65. The van der Waals surface area contributed by atoms with E-state index >= 15 is 0 Å². The summed E-state index contributed by atoms with van der Waals surface area (Å²) in [5, 5.41) is 23.2. The first-order chi connectivity index (χ1) is 15.6. The molecule has 0 aliphatic rings. The molecule has 3 aromatic carbocycles. The van der Waals surface area contributed by atoms with Gasteiger partial charge in [-0.3, -0.25) is 0 Å². The highest BCUT2D eigenvalue weighted by molar-refractivity contribution is 6.20. The third-order valence-corrected chi connectivity index (χ3v) is 4.83. The molecule has 1 unspecified atom stereocenters. The minimum absolute atomic E-state index is 0.0809. The quantitative estimate of drug-likeness (QED) is 0.315. The highest BCUT2D eigenvalue weighted by Gasteiger charge is 2.13. The lowest BCUT2D eigenvalue weighted by atomic mass is 10.0. The van der Waals surface area contributed by atoms with Gasteiger partial charge >= 0.3 is 5.97 Å². The minimum atomic E-state index is -1.05. The van der Waals surface area contributed by atoms with Gasteiger partial charge in [-0.1, -0.05) is 60.7 Å². The van der Waals surface area contributed by atoms with Crippen LogP contribution in [0.1, 0.15) is 16.7 Å². The van der Waals surface area contributed by atoms with Gasteiger partial charge in [0.1, 0.15) is 24.2 Å². The Morgan fingerprint density at radius 3 is 2.38 bits per heavy atom. The molecule has 0 saturated carbocycles. The summed E-state index contributed by atoms with van der Waals surface area (Å²) in [7, 11) is 1.56. The molecule has 0 aliphatic carbocycles. The van der Waals surface area contributed by atoms with Crippen LogP contribution >= 0.6 is 0 Å². The summed E-state index contributed by atoms with van der Waals surface area (Å²) in [6.07, 6.45) is 0.857. The van der Waals surface area contributed by atoms with Crippen LogP contribution in [0.5, 0.6) is 11.5 Å². The van der Waals surface area contributed by atoms with Gasteiger partial charge in [-0.05, 0) is 35.4 Å². The zero-order valence-corrected chi connectivity index (χ0v) is 17.9. The molecule has 0 saturated heterocycles.